The fourth-order valence-corrected chi connectivity index (χ4v) is 1.62. The van der Waals surface area contributed by atoms with Crippen molar-refractivity contribution >= 4 is 17.2 Å². The van der Waals surface area contributed by atoms with Gasteiger partial charge in [-0.3, -0.25) is 9.79 Å². The Morgan fingerprint density at radius 3 is 2.56 bits per heavy atom. The van der Waals surface area contributed by atoms with Crippen LogP contribution in [0.25, 0.3) is 0 Å². The summed E-state index contributed by atoms with van der Waals surface area (Å²) in [6.07, 6.45) is 2.40. The van der Waals surface area contributed by atoms with E-state index in [1.807, 2.05) is 31.2 Å². The van der Waals surface area contributed by atoms with Crippen molar-refractivity contribution in [3.05, 3.63) is 29.8 Å². The molecule has 2 heteroatoms. The predicted molar refractivity (Wildman–Crippen MR) is 68.5 cm³/mol. The van der Waals surface area contributed by atoms with E-state index in [1.54, 1.807) is 6.92 Å². The molecular weight excluding hydrogens is 198 g/mol. The smallest absolute Gasteiger partial charge is 0.135 e. The summed E-state index contributed by atoms with van der Waals surface area (Å²) in [5, 5.41) is 0. The van der Waals surface area contributed by atoms with E-state index in [9.17, 15) is 4.79 Å². The fraction of sp³-hybridized carbons (Fsp3) is 0.429. The molecule has 0 N–H and O–H groups in total. The fourth-order valence-electron chi connectivity index (χ4n) is 1.62. The van der Waals surface area contributed by atoms with Gasteiger partial charge in [0.1, 0.15) is 5.78 Å². The van der Waals surface area contributed by atoms with E-state index in [2.05, 4.69) is 11.9 Å². The first kappa shape index (κ1) is 12.6. The minimum atomic E-state index is 0.181. The molecule has 1 rings (SSSR count). The molecule has 0 atom stereocenters. The molecule has 0 aliphatic carbocycles. The van der Waals surface area contributed by atoms with E-state index in [0.717, 1.165) is 29.8 Å². The SMILES string of the molecule is CCCC(CC(C)=O)=Nc1ccccc1C. The Bertz CT molecular complexity index is 393. The average molecular weight is 217 g/mol. The van der Waals surface area contributed by atoms with Crippen LogP contribution in [0.3, 0.4) is 0 Å². The van der Waals surface area contributed by atoms with E-state index >= 15 is 0 Å². The number of para-hydroxylation sites is 1. The van der Waals surface area contributed by atoms with E-state index in [-0.39, 0.29) is 5.78 Å². The lowest BCUT2D eigenvalue weighted by molar-refractivity contribution is -0.115. The second-order valence-electron chi connectivity index (χ2n) is 4.09. The largest absolute Gasteiger partial charge is 0.300 e. The Morgan fingerprint density at radius 1 is 1.31 bits per heavy atom. The number of aryl methyl sites for hydroxylation is 1. The molecule has 0 fully saturated rings. The zero-order chi connectivity index (χ0) is 12.0. The van der Waals surface area contributed by atoms with Gasteiger partial charge in [-0.2, -0.15) is 0 Å². The number of benzene rings is 1. The van der Waals surface area contributed by atoms with Crippen molar-refractivity contribution in [1.82, 2.24) is 0 Å². The van der Waals surface area contributed by atoms with E-state index in [1.165, 1.54) is 0 Å². The first-order chi connectivity index (χ1) is 7.63. The second kappa shape index (κ2) is 6.21. The van der Waals surface area contributed by atoms with Gasteiger partial charge >= 0.3 is 0 Å². The van der Waals surface area contributed by atoms with Crippen molar-refractivity contribution in [2.75, 3.05) is 0 Å². The van der Waals surface area contributed by atoms with Gasteiger partial charge in [0.15, 0.2) is 0 Å². The third-order valence-electron chi connectivity index (χ3n) is 2.39. The van der Waals surface area contributed by atoms with Crippen molar-refractivity contribution in [1.29, 1.82) is 0 Å². The zero-order valence-corrected chi connectivity index (χ0v) is 10.3. The van der Waals surface area contributed by atoms with Gasteiger partial charge in [-0.1, -0.05) is 31.5 Å². The molecule has 0 saturated carbocycles. The molecule has 0 aliphatic heterocycles. The number of carbonyl (C=O) groups is 1. The van der Waals surface area contributed by atoms with Gasteiger partial charge < -0.3 is 0 Å². The minimum absolute atomic E-state index is 0.181. The summed E-state index contributed by atoms with van der Waals surface area (Å²) in [4.78, 5) is 15.7. The van der Waals surface area contributed by atoms with Crippen LogP contribution in [-0.4, -0.2) is 11.5 Å². The molecule has 0 unspecified atom stereocenters. The van der Waals surface area contributed by atoms with Crippen molar-refractivity contribution in [2.45, 2.75) is 40.0 Å². The van der Waals surface area contributed by atoms with Gasteiger partial charge in [0.25, 0.3) is 0 Å². The summed E-state index contributed by atoms with van der Waals surface area (Å²) in [5.41, 5.74) is 3.12. The number of hydrogen-bond acceptors (Lipinski definition) is 2. The van der Waals surface area contributed by atoms with E-state index < -0.39 is 0 Å². The molecule has 0 bridgehead atoms. The van der Waals surface area contributed by atoms with Crippen molar-refractivity contribution in [2.24, 2.45) is 4.99 Å². The monoisotopic (exact) mass is 217 g/mol. The van der Waals surface area contributed by atoms with Crippen molar-refractivity contribution in [3.63, 3.8) is 0 Å². The number of Topliss-reactive ketones (excluding diaryl/α,β-unsaturated/α-hetero) is 1. The summed E-state index contributed by atoms with van der Waals surface area (Å²) in [6, 6.07) is 8.00. The Hall–Kier alpha value is -1.44. The van der Waals surface area contributed by atoms with Crippen LogP contribution in [0.5, 0.6) is 0 Å². The molecule has 0 aromatic heterocycles. The average Bonchev–Trinajstić information content (AvgIpc) is 2.21. The summed E-state index contributed by atoms with van der Waals surface area (Å²) < 4.78 is 0. The number of rotatable bonds is 5. The lowest BCUT2D eigenvalue weighted by Gasteiger charge is -2.05. The van der Waals surface area contributed by atoms with Crippen LogP contribution >= 0.6 is 0 Å². The number of nitrogens with zero attached hydrogens (tertiary/aromatic N) is 1. The molecule has 0 saturated heterocycles. The maximum Gasteiger partial charge on any atom is 0.135 e. The normalized spacial score (nSPS) is 11.6. The van der Waals surface area contributed by atoms with Gasteiger partial charge in [-0.25, -0.2) is 0 Å². The highest BCUT2D eigenvalue weighted by molar-refractivity contribution is 6.02. The van der Waals surface area contributed by atoms with Gasteiger partial charge in [0.05, 0.1) is 5.69 Å². The number of carbonyl (C=O) groups excluding carboxylic acids is 1. The van der Waals surface area contributed by atoms with Gasteiger partial charge in [-0.05, 0) is 31.9 Å². The van der Waals surface area contributed by atoms with Crippen LogP contribution < -0.4 is 0 Å². The van der Waals surface area contributed by atoms with Crippen LogP contribution in [-0.2, 0) is 4.79 Å². The van der Waals surface area contributed by atoms with Crippen LogP contribution in [0.4, 0.5) is 5.69 Å². The number of ketones is 1. The predicted octanol–water partition coefficient (Wildman–Crippen LogP) is 3.85. The molecule has 86 valence electrons. The van der Waals surface area contributed by atoms with Crippen LogP contribution in [0, 0.1) is 6.92 Å². The minimum Gasteiger partial charge on any atom is -0.300 e. The highest BCUT2D eigenvalue weighted by atomic mass is 16.1. The maximum atomic E-state index is 11.1. The van der Waals surface area contributed by atoms with Crippen LogP contribution in [0.15, 0.2) is 29.3 Å². The molecule has 1 aromatic carbocycles. The lowest BCUT2D eigenvalue weighted by Crippen LogP contribution is -2.04. The van der Waals surface area contributed by atoms with E-state index in [0.29, 0.717) is 6.42 Å². The van der Waals surface area contributed by atoms with Crippen LogP contribution in [0.1, 0.15) is 38.7 Å². The highest BCUT2D eigenvalue weighted by Crippen LogP contribution is 2.18. The first-order valence-corrected chi connectivity index (χ1v) is 5.75. The van der Waals surface area contributed by atoms with Gasteiger partial charge in [-0.15, -0.1) is 0 Å². The van der Waals surface area contributed by atoms with Crippen LogP contribution in [0.2, 0.25) is 0 Å². The number of hydrogen-bond donors (Lipinski definition) is 0. The number of aliphatic imine (C=N–C) groups is 1. The standard InChI is InChI=1S/C14H19NO/c1-4-7-13(10-12(3)16)15-14-9-6-5-8-11(14)2/h5-6,8-9H,4,7,10H2,1-3H3. The molecule has 0 amide bonds. The van der Waals surface area contributed by atoms with E-state index in [4.69, 9.17) is 0 Å². The summed E-state index contributed by atoms with van der Waals surface area (Å²) >= 11 is 0. The summed E-state index contributed by atoms with van der Waals surface area (Å²) in [7, 11) is 0. The lowest BCUT2D eigenvalue weighted by atomic mass is 10.1. The van der Waals surface area contributed by atoms with Gasteiger partial charge in [0, 0.05) is 12.1 Å². The molecule has 0 radical (unpaired) electrons. The zero-order valence-electron chi connectivity index (χ0n) is 10.3. The van der Waals surface area contributed by atoms with Crippen molar-refractivity contribution < 1.29 is 4.79 Å². The second-order valence-corrected chi connectivity index (χ2v) is 4.09. The Labute approximate surface area is 97.4 Å². The molecule has 0 aliphatic rings. The first-order valence-electron chi connectivity index (χ1n) is 5.75. The topological polar surface area (TPSA) is 29.4 Å². The molecule has 1 aromatic rings. The van der Waals surface area contributed by atoms with Crippen molar-refractivity contribution in [3.8, 4) is 0 Å². The maximum absolute atomic E-state index is 11.1. The third-order valence-corrected chi connectivity index (χ3v) is 2.39. The molecule has 2 nitrogen and oxygen atoms in total. The summed E-state index contributed by atoms with van der Waals surface area (Å²) in [5.74, 6) is 0.181. The molecule has 0 spiro atoms. The Balaban J connectivity index is 2.92. The van der Waals surface area contributed by atoms with Gasteiger partial charge in [0.2, 0.25) is 0 Å². The Morgan fingerprint density at radius 2 is 2.00 bits per heavy atom. The highest BCUT2D eigenvalue weighted by Gasteiger charge is 2.03. The molecular formula is C14H19NO. The third kappa shape index (κ3) is 3.97. The quantitative estimate of drug-likeness (QED) is 0.689. The molecule has 0 heterocycles. The Kier molecular flexibility index (Phi) is 4.90. The summed E-state index contributed by atoms with van der Waals surface area (Å²) in [6.45, 7) is 5.76. The molecule has 16 heavy (non-hydrogen) atoms.